The van der Waals surface area contributed by atoms with Gasteiger partial charge in [-0.1, -0.05) is 36.5 Å². The molecule has 0 fully saturated rings. The predicted molar refractivity (Wildman–Crippen MR) is 77.5 cm³/mol. The van der Waals surface area contributed by atoms with Crippen molar-refractivity contribution in [1.82, 2.24) is 4.98 Å². The van der Waals surface area contributed by atoms with E-state index in [0.29, 0.717) is 4.99 Å². The average Bonchev–Trinajstić information content (AvgIpc) is 2.95. The summed E-state index contributed by atoms with van der Waals surface area (Å²) in [4.78, 5) is 4.98. The number of aromatic amines is 1. The molecule has 84 valence electrons. The van der Waals surface area contributed by atoms with Crippen molar-refractivity contribution in [1.29, 1.82) is 0 Å². The summed E-state index contributed by atoms with van der Waals surface area (Å²) < 4.78 is 0. The van der Waals surface area contributed by atoms with Crippen LogP contribution < -0.4 is 5.73 Å². The molecule has 0 aliphatic rings. The minimum Gasteiger partial charge on any atom is -0.389 e. The van der Waals surface area contributed by atoms with Crippen LogP contribution in [-0.4, -0.2) is 9.97 Å². The summed E-state index contributed by atoms with van der Waals surface area (Å²) in [6.45, 7) is 0. The number of nitrogens with one attached hydrogen (secondary N) is 1. The molecule has 1 aromatic carbocycles. The fraction of sp³-hybridized carbons (Fsp3) is 0. The van der Waals surface area contributed by atoms with Crippen molar-refractivity contribution in [3.8, 4) is 10.6 Å². The Balaban J connectivity index is 2.38. The van der Waals surface area contributed by atoms with Crippen molar-refractivity contribution in [3.63, 3.8) is 0 Å². The van der Waals surface area contributed by atoms with E-state index in [9.17, 15) is 0 Å². The second kappa shape index (κ2) is 3.98. The molecule has 2 nitrogen and oxygen atoms in total. The molecule has 0 saturated carbocycles. The van der Waals surface area contributed by atoms with Gasteiger partial charge in [0.2, 0.25) is 0 Å². The lowest BCUT2D eigenvalue weighted by molar-refractivity contribution is 1.47. The molecule has 0 atom stereocenters. The van der Waals surface area contributed by atoms with Gasteiger partial charge in [0.15, 0.2) is 0 Å². The standard InChI is InChI=1S/C13H10N2S2/c14-13(16)11-8-4-1-2-5-9(8)15-12(11)10-6-3-7-17-10/h1-7,15H,(H2,14,16). The van der Waals surface area contributed by atoms with Crippen LogP contribution in [0.4, 0.5) is 0 Å². The third-order valence-corrected chi connectivity index (χ3v) is 3.81. The maximum Gasteiger partial charge on any atom is 0.106 e. The summed E-state index contributed by atoms with van der Waals surface area (Å²) in [6.07, 6.45) is 0. The maximum atomic E-state index is 5.85. The number of aromatic nitrogens is 1. The van der Waals surface area contributed by atoms with Crippen LogP contribution >= 0.6 is 23.6 Å². The molecule has 2 heterocycles. The Kier molecular flexibility index (Phi) is 2.46. The van der Waals surface area contributed by atoms with E-state index >= 15 is 0 Å². The van der Waals surface area contributed by atoms with Crippen molar-refractivity contribution >= 4 is 39.4 Å². The van der Waals surface area contributed by atoms with E-state index in [4.69, 9.17) is 18.0 Å². The minimum atomic E-state index is 0.436. The highest BCUT2D eigenvalue weighted by molar-refractivity contribution is 7.80. The maximum absolute atomic E-state index is 5.85. The fourth-order valence-electron chi connectivity index (χ4n) is 2.00. The zero-order valence-electron chi connectivity index (χ0n) is 8.94. The van der Waals surface area contributed by atoms with Crippen molar-refractivity contribution in [3.05, 3.63) is 47.3 Å². The van der Waals surface area contributed by atoms with E-state index in [0.717, 1.165) is 27.0 Å². The summed E-state index contributed by atoms with van der Waals surface area (Å²) in [6, 6.07) is 12.2. The van der Waals surface area contributed by atoms with Gasteiger partial charge in [0.05, 0.1) is 10.6 Å². The van der Waals surface area contributed by atoms with E-state index in [2.05, 4.69) is 11.1 Å². The molecular weight excluding hydrogens is 248 g/mol. The average molecular weight is 258 g/mol. The molecule has 3 N–H and O–H groups in total. The molecule has 0 saturated heterocycles. The van der Waals surface area contributed by atoms with E-state index < -0.39 is 0 Å². The van der Waals surface area contributed by atoms with E-state index in [1.807, 2.05) is 35.7 Å². The monoisotopic (exact) mass is 258 g/mol. The molecule has 0 amide bonds. The number of fused-ring (bicyclic) bond motifs is 1. The van der Waals surface area contributed by atoms with Crippen LogP contribution in [-0.2, 0) is 0 Å². The molecule has 0 radical (unpaired) electrons. The lowest BCUT2D eigenvalue weighted by Gasteiger charge is -1.99. The van der Waals surface area contributed by atoms with Gasteiger partial charge in [0, 0.05) is 16.5 Å². The molecule has 0 aliphatic carbocycles. The number of hydrogen-bond donors (Lipinski definition) is 2. The summed E-state index contributed by atoms with van der Waals surface area (Å²) in [5, 5.41) is 3.13. The van der Waals surface area contributed by atoms with Crippen LogP contribution in [0.1, 0.15) is 5.56 Å². The smallest absolute Gasteiger partial charge is 0.106 e. The second-order valence-corrected chi connectivity index (χ2v) is 5.15. The van der Waals surface area contributed by atoms with Crippen molar-refractivity contribution in [2.45, 2.75) is 0 Å². The van der Waals surface area contributed by atoms with Gasteiger partial charge >= 0.3 is 0 Å². The predicted octanol–water partition coefficient (Wildman–Crippen LogP) is 3.53. The summed E-state index contributed by atoms with van der Waals surface area (Å²) >= 11 is 6.84. The largest absolute Gasteiger partial charge is 0.389 e. The van der Waals surface area contributed by atoms with Crippen LogP contribution in [0.5, 0.6) is 0 Å². The Morgan fingerprint density at radius 2 is 2.00 bits per heavy atom. The number of para-hydroxylation sites is 1. The Hall–Kier alpha value is -1.65. The first-order chi connectivity index (χ1) is 8.27. The molecule has 2 aromatic heterocycles. The zero-order valence-corrected chi connectivity index (χ0v) is 10.6. The van der Waals surface area contributed by atoms with Gasteiger partial charge in [0.25, 0.3) is 0 Å². The number of thiophene rings is 1. The Morgan fingerprint density at radius 3 is 2.71 bits per heavy atom. The molecule has 0 aliphatic heterocycles. The van der Waals surface area contributed by atoms with Crippen LogP contribution in [0, 0.1) is 0 Å². The van der Waals surface area contributed by atoms with Crippen molar-refractivity contribution in [2.75, 3.05) is 0 Å². The van der Waals surface area contributed by atoms with Crippen LogP contribution in [0.3, 0.4) is 0 Å². The number of rotatable bonds is 2. The summed E-state index contributed by atoms with van der Waals surface area (Å²) in [5.41, 5.74) is 8.88. The lowest BCUT2D eigenvalue weighted by atomic mass is 10.1. The van der Waals surface area contributed by atoms with Crippen LogP contribution in [0.15, 0.2) is 41.8 Å². The zero-order chi connectivity index (χ0) is 11.8. The first kappa shape index (κ1) is 10.5. The third kappa shape index (κ3) is 1.66. The molecule has 0 spiro atoms. The van der Waals surface area contributed by atoms with Gasteiger partial charge in [-0.2, -0.15) is 0 Å². The lowest BCUT2D eigenvalue weighted by Crippen LogP contribution is -2.09. The first-order valence-electron chi connectivity index (χ1n) is 5.22. The Morgan fingerprint density at radius 1 is 1.18 bits per heavy atom. The topological polar surface area (TPSA) is 41.8 Å². The highest BCUT2D eigenvalue weighted by atomic mass is 32.1. The van der Waals surface area contributed by atoms with Crippen molar-refractivity contribution < 1.29 is 0 Å². The highest BCUT2D eigenvalue weighted by Crippen LogP contribution is 2.32. The molecular formula is C13H10N2S2. The Labute approximate surface area is 108 Å². The normalized spacial score (nSPS) is 10.8. The van der Waals surface area contributed by atoms with E-state index in [1.54, 1.807) is 11.3 Å². The highest BCUT2D eigenvalue weighted by Gasteiger charge is 2.15. The molecule has 4 heteroatoms. The molecule has 0 unspecified atom stereocenters. The van der Waals surface area contributed by atoms with Crippen LogP contribution in [0.25, 0.3) is 21.5 Å². The number of thiocarbonyl (C=S) groups is 1. The Bertz CT molecular complexity index is 681. The first-order valence-corrected chi connectivity index (χ1v) is 6.50. The molecule has 3 rings (SSSR count). The van der Waals surface area contributed by atoms with Gasteiger partial charge in [0.1, 0.15) is 4.99 Å². The van der Waals surface area contributed by atoms with Gasteiger partial charge < -0.3 is 10.7 Å². The third-order valence-electron chi connectivity index (χ3n) is 2.72. The van der Waals surface area contributed by atoms with Gasteiger partial charge in [-0.15, -0.1) is 11.3 Å². The number of nitrogens with two attached hydrogens (primary N) is 1. The van der Waals surface area contributed by atoms with E-state index in [1.165, 1.54) is 0 Å². The van der Waals surface area contributed by atoms with E-state index in [-0.39, 0.29) is 0 Å². The van der Waals surface area contributed by atoms with Gasteiger partial charge in [-0.25, -0.2) is 0 Å². The SMILES string of the molecule is NC(=S)c1c(-c2cccs2)[nH]c2ccccc12. The number of hydrogen-bond acceptors (Lipinski definition) is 2. The summed E-state index contributed by atoms with van der Waals surface area (Å²) in [5.74, 6) is 0. The van der Waals surface area contributed by atoms with Crippen molar-refractivity contribution in [2.24, 2.45) is 5.73 Å². The quantitative estimate of drug-likeness (QED) is 0.690. The van der Waals surface area contributed by atoms with Crippen LogP contribution in [0.2, 0.25) is 0 Å². The molecule has 3 aromatic rings. The summed E-state index contributed by atoms with van der Waals surface area (Å²) in [7, 11) is 0. The molecule has 17 heavy (non-hydrogen) atoms. The van der Waals surface area contributed by atoms with Gasteiger partial charge in [-0.05, 0) is 17.5 Å². The van der Waals surface area contributed by atoms with Gasteiger partial charge in [-0.3, -0.25) is 0 Å². The second-order valence-electron chi connectivity index (χ2n) is 3.76. The fourth-order valence-corrected chi connectivity index (χ4v) is 2.95. The number of H-pyrrole nitrogens is 1. The minimum absolute atomic E-state index is 0.436. The number of benzene rings is 1. The molecule has 0 bridgehead atoms.